The number of aromatic nitrogens is 1. The first-order valence-electron chi connectivity index (χ1n) is 8.05. The van der Waals surface area contributed by atoms with Crippen LogP contribution in [0.1, 0.15) is 36.2 Å². The maximum Gasteiger partial charge on any atom is 0.325 e. The molecule has 2 rings (SSSR count). The highest BCUT2D eigenvalue weighted by Gasteiger charge is 2.49. The maximum absolute atomic E-state index is 13.2. The zero-order valence-corrected chi connectivity index (χ0v) is 14.1. The van der Waals surface area contributed by atoms with Crippen LogP contribution >= 0.6 is 0 Å². The predicted octanol–water partition coefficient (Wildman–Crippen LogP) is 3.00. The van der Waals surface area contributed by atoms with E-state index in [4.69, 9.17) is 0 Å². The molecular formula is C19H20FNO4. The van der Waals surface area contributed by atoms with Gasteiger partial charge in [0.2, 0.25) is 0 Å². The molecule has 0 aliphatic rings. The molecule has 0 amide bonds. The molecule has 0 aliphatic carbocycles. The first kappa shape index (κ1) is 18.6. The van der Waals surface area contributed by atoms with Gasteiger partial charge in [0.05, 0.1) is 0 Å². The zero-order chi connectivity index (χ0) is 18.6. The minimum Gasteiger partial charge on any atom is -0.480 e. The molecule has 132 valence electrons. The fraction of sp³-hybridized carbons (Fsp3) is 0.316. The largest absolute Gasteiger partial charge is 0.480 e. The number of carboxylic acid groups (broad SMARTS) is 2. The number of aryl methyl sites for hydroxylation is 2. The molecule has 0 unspecified atom stereocenters. The molecule has 0 saturated carbocycles. The average Bonchev–Trinajstić information content (AvgIpc) is 2.59. The van der Waals surface area contributed by atoms with E-state index >= 15 is 0 Å². The number of hydrogen-bond acceptors (Lipinski definition) is 3. The summed E-state index contributed by atoms with van der Waals surface area (Å²) in [4.78, 5) is 28.4. The molecule has 2 aromatic rings. The van der Waals surface area contributed by atoms with E-state index in [0.29, 0.717) is 24.1 Å². The molecule has 2 N–H and O–H groups in total. The van der Waals surface area contributed by atoms with Crippen molar-refractivity contribution in [2.24, 2.45) is 0 Å². The molecule has 6 heteroatoms. The number of carbonyl (C=O) groups is 2. The first-order chi connectivity index (χ1) is 11.9. The molecule has 1 heterocycles. The number of pyridine rings is 1. The van der Waals surface area contributed by atoms with Gasteiger partial charge < -0.3 is 10.2 Å². The van der Waals surface area contributed by atoms with E-state index in [1.165, 1.54) is 12.1 Å². The lowest BCUT2D eigenvalue weighted by Crippen LogP contribution is -2.46. The highest BCUT2D eigenvalue weighted by atomic mass is 19.1. The third kappa shape index (κ3) is 3.38. The lowest BCUT2D eigenvalue weighted by atomic mass is 9.74. The molecule has 1 aromatic heterocycles. The second kappa shape index (κ2) is 7.42. The van der Waals surface area contributed by atoms with Crippen LogP contribution in [0.4, 0.5) is 4.39 Å². The maximum atomic E-state index is 13.2. The average molecular weight is 345 g/mol. The van der Waals surface area contributed by atoms with Gasteiger partial charge in [0, 0.05) is 18.3 Å². The van der Waals surface area contributed by atoms with Crippen LogP contribution < -0.4 is 0 Å². The Balaban J connectivity index is 2.69. The Bertz CT molecular complexity index is 750. The highest BCUT2D eigenvalue weighted by Crippen LogP contribution is 2.32. The number of rotatable bonds is 7. The third-order valence-corrected chi connectivity index (χ3v) is 4.47. The van der Waals surface area contributed by atoms with E-state index < -0.39 is 23.2 Å². The minimum atomic E-state index is -2.20. The molecule has 0 atom stereocenters. The Hall–Kier alpha value is -2.76. The Morgan fingerprint density at radius 3 is 2.12 bits per heavy atom. The van der Waals surface area contributed by atoms with E-state index in [0.717, 1.165) is 17.7 Å². The topological polar surface area (TPSA) is 87.5 Å². The molecule has 0 radical (unpaired) electrons. The summed E-state index contributed by atoms with van der Waals surface area (Å²) in [6.45, 7) is 3.80. The molecule has 5 nitrogen and oxygen atoms in total. The Morgan fingerprint density at radius 1 is 1.04 bits per heavy atom. The van der Waals surface area contributed by atoms with E-state index in [-0.39, 0.29) is 12.0 Å². The van der Waals surface area contributed by atoms with Crippen LogP contribution in [0, 0.1) is 5.82 Å². The van der Waals surface area contributed by atoms with Gasteiger partial charge in [-0.15, -0.1) is 0 Å². The lowest BCUT2D eigenvalue weighted by Gasteiger charge is -2.27. The molecule has 0 bridgehead atoms. The van der Waals surface area contributed by atoms with E-state index in [1.54, 1.807) is 12.3 Å². The summed E-state index contributed by atoms with van der Waals surface area (Å²) >= 11 is 0. The molecule has 25 heavy (non-hydrogen) atoms. The van der Waals surface area contributed by atoms with Gasteiger partial charge in [-0.1, -0.05) is 26.0 Å². The van der Waals surface area contributed by atoms with E-state index in [1.807, 2.05) is 13.8 Å². The van der Waals surface area contributed by atoms with Crippen molar-refractivity contribution in [1.29, 1.82) is 0 Å². The second-order valence-corrected chi connectivity index (χ2v) is 5.80. The van der Waals surface area contributed by atoms with E-state index in [2.05, 4.69) is 4.98 Å². The normalized spacial score (nSPS) is 11.3. The summed E-state index contributed by atoms with van der Waals surface area (Å²) in [5, 5.41) is 19.6. The smallest absolute Gasteiger partial charge is 0.325 e. The molecule has 0 saturated heterocycles. The van der Waals surface area contributed by atoms with Gasteiger partial charge in [-0.3, -0.25) is 14.6 Å². The number of benzene rings is 1. The fourth-order valence-electron chi connectivity index (χ4n) is 3.02. The summed E-state index contributed by atoms with van der Waals surface area (Å²) in [6.07, 6.45) is 2.58. The number of carboxylic acids is 2. The van der Waals surface area contributed by atoms with Crippen LogP contribution in [0.2, 0.25) is 0 Å². The summed E-state index contributed by atoms with van der Waals surface area (Å²) < 4.78 is 13.2. The second-order valence-electron chi connectivity index (χ2n) is 5.80. The standard InChI is InChI=1S/C19H20FNO4/c1-3-12-9-10-21-16(4-2)15(12)11-19(17(22)23,18(24)25)13-5-7-14(20)8-6-13/h5-10H,3-4,11H2,1-2H3,(H,22,23)(H,24,25). The highest BCUT2D eigenvalue weighted by molar-refractivity contribution is 6.05. The molecule has 0 aliphatic heterocycles. The van der Waals surface area contributed by atoms with Crippen molar-refractivity contribution in [2.45, 2.75) is 38.5 Å². The van der Waals surface area contributed by atoms with Gasteiger partial charge in [-0.05, 0) is 47.7 Å². The number of hydrogen-bond donors (Lipinski definition) is 2. The Kier molecular flexibility index (Phi) is 5.51. The van der Waals surface area contributed by atoms with Crippen molar-refractivity contribution >= 4 is 11.9 Å². The van der Waals surface area contributed by atoms with Crippen LogP contribution in [0.3, 0.4) is 0 Å². The fourth-order valence-corrected chi connectivity index (χ4v) is 3.02. The predicted molar refractivity (Wildman–Crippen MR) is 90.0 cm³/mol. The van der Waals surface area contributed by atoms with Crippen LogP contribution in [0.25, 0.3) is 0 Å². The summed E-state index contributed by atoms with van der Waals surface area (Å²) in [5.41, 5.74) is -0.0115. The summed E-state index contributed by atoms with van der Waals surface area (Å²) in [6, 6.07) is 6.34. The van der Waals surface area contributed by atoms with Gasteiger partial charge in [0.1, 0.15) is 5.82 Å². The Labute approximate surface area is 145 Å². The minimum absolute atomic E-state index is 0.0295. The van der Waals surface area contributed by atoms with Crippen molar-refractivity contribution in [3.05, 3.63) is 64.7 Å². The molecule has 0 spiro atoms. The number of halogens is 1. The SMILES string of the molecule is CCc1ccnc(CC)c1CC(C(=O)O)(C(=O)O)c1ccc(F)cc1. The third-order valence-electron chi connectivity index (χ3n) is 4.47. The molecular weight excluding hydrogens is 325 g/mol. The van der Waals surface area contributed by atoms with Crippen LogP contribution in [0.15, 0.2) is 36.5 Å². The van der Waals surface area contributed by atoms with Crippen LogP contribution in [-0.4, -0.2) is 27.1 Å². The lowest BCUT2D eigenvalue weighted by molar-refractivity contribution is -0.157. The van der Waals surface area contributed by atoms with Crippen LogP contribution in [-0.2, 0) is 34.3 Å². The monoisotopic (exact) mass is 345 g/mol. The molecule has 0 fully saturated rings. The van der Waals surface area contributed by atoms with Crippen molar-refractivity contribution in [3.8, 4) is 0 Å². The first-order valence-corrected chi connectivity index (χ1v) is 8.05. The van der Waals surface area contributed by atoms with Crippen molar-refractivity contribution in [3.63, 3.8) is 0 Å². The summed E-state index contributed by atoms with van der Waals surface area (Å²) in [5.74, 6) is -3.53. The van der Waals surface area contributed by atoms with Gasteiger partial charge in [-0.25, -0.2) is 4.39 Å². The van der Waals surface area contributed by atoms with Crippen LogP contribution in [0.5, 0.6) is 0 Å². The van der Waals surface area contributed by atoms with Crippen molar-refractivity contribution < 1.29 is 24.2 Å². The van der Waals surface area contributed by atoms with Crippen molar-refractivity contribution in [1.82, 2.24) is 4.98 Å². The zero-order valence-electron chi connectivity index (χ0n) is 14.1. The Morgan fingerprint density at radius 2 is 1.64 bits per heavy atom. The van der Waals surface area contributed by atoms with Gasteiger partial charge >= 0.3 is 11.9 Å². The van der Waals surface area contributed by atoms with Gasteiger partial charge in [-0.2, -0.15) is 0 Å². The number of aliphatic carboxylic acids is 2. The van der Waals surface area contributed by atoms with E-state index in [9.17, 15) is 24.2 Å². The summed E-state index contributed by atoms with van der Waals surface area (Å²) in [7, 11) is 0. The van der Waals surface area contributed by atoms with Crippen molar-refractivity contribution in [2.75, 3.05) is 0 Å². The van der Waals surface area contributed by atoms with Gasteiger partial charge in [0.25, 0.3) is 0 Å². The van der Waals surface area contributed by atoms with Gasteiger partial charge in [0.15, 0.2) is 5.41 Å². The quantitative estimate of drug-likeness (QED) is 0.753. The molecule has 1 aromatic carbocycles. The number of nitrogens with zero attached hydrogens (tertiary/aromatic N) is 1.